The van der Waals surface area contributed by atoms with Crippen LogP contribution in [0.2, 0.25) is 0 Å². The minimum atomic E-state index is 0.312. The zero-order valence-electron chi connectivity index (χ0n) is 15.4. The third-order valence-corrected chi connectivity index (χ3v) is 5.93. The molecular weight excluding hydrogens is 312 g/mol. The zero-order valence-corrected chi connectivity index (χ0v) is 15.4. The largest absolute Gasteiger partial charge is 0.0764 e. The third kappa shape index (κ3) is 2.44. The van der Waals surface area contributed by atoms with Crippen LogP contribution >= 0.6 is 0 Å². The Morgan fingerprint density at radius 1 is 0.885 bits per heavy atom. The SMILES string of the molecule is CC1(C)CC=c2ccc3c(c2C1)C(c1cc[c]cc1)C=c1ccccc1=3. The van der Waals surface area contributed by atoms with E-state index in [1.54, 1.807) is 5.56 Å². The van der Waals surface area contributed by atoms with E-state index in [0.717, 1.165) is 12.8 Å². The molecule has 0 fully saturated rings. The van der Waals surface area contributed by atoms with Gasteiger partial charge in [-0.05, 0) is 61.9 Å². The van der Waals surface area contributed by atoms with Crippen LogP contribution in [0.25, 0.3) is 12.2 Å². The summed E-state index contributed by atoms with van der Waals surface area (Å²) >= 11 is 0. The highest BCUT2D eigenvalue weighted by molar-refractivity contribution is 5.57. The zero-order chi connectivity index (χ0) is 17.7. The second-order valence-corrected chi connectivity index (χ2v) is 8.41. The molecule has 127 valence electrons. The molecule has 0 heterocycles. The highest BCUT2D eigenvalue weighted by Gasteiger charge is 2.27. The van der Waals surface area contributed by atoms with Crippen LogP contribution in [0.4, 0.5) is 0 Å². The van der Waals surface area contributed by atoms with Crippen LogP contribution in [0.5, 0.6) is 0 Å². The van der Waals surface area contributed by atoms with Gasteiger partial charge < -0.3 is 0 Å². The molecule has 0 aliphatic heterocycles. The lowest BCUT2D eigenvalue weighted by Crippen LogP contribution is -2.29. The fourth-order valence-corrected chi connectivity index (χ4v) is 4.62. The highest BCUT2D eigenvalue weighted by atomic mass is 14.3. The summed E-state index contributed by atoms with van der Waals surface area (Å²) in [5.41, 5.74) is 4.74. The minimum absolute atomic E-state index is 0.312. The quantitative estimate of drug-likeness (QED) is 0.616. The first-order valence-corrected chi connectivity index (χ1v) is 9.52. The summed E-state index contributed by atoms with van der Waals surface area (Å²) in [6, 6.07) is 25.2. The molecule has 0 amide bonds. The standard InChI is InChI=1S/C26H23/c1-26(2)15-14-19-12-13-22-21-11-7-6-10-20(21)16-23(25(22)24(19)17-26)18-8-4-3-5-9-18/h4-14,16,23H,15,17H2,1-2H3. The van der Waals surface area contributed by atoms with Gasteiger partial charge in [-0.15, -0.1) is 0 Å². The van der Waals surface area contributed by atoms with Gasteiger partial charge in [-0.1, -0.05) is 86.7 Å². The Morgan fingerprint density at radius 2 is 1.69 bits per heavy atom. The van der Waals surface area contributed by atoms with Gasteiger partial charge in [0.05, 0.1) is 0 Å². The maximum absolute atomic E-state index is 3.17. The molecule has 0 heteroatoms. The van der Waals surface area contributed by atoms with Crippen molar-refractivity contribution in [3.8, 4) is 0 Å². The van der Waals surface area contributed by atoms with Gasteiger partial charge in [0.25, 0.3) is 0 Å². The Hall–Kier alpha value is -2.60. The molecule has 26 heavy (non-hydrogen) atoms. The maximum Gasteiger partial charge on any atom is 0.0287 e. The normalized spacial score (nSPS) is 19.4. The average molecular weight is 335 g/mol. The van der Waals surface area contributed by atoms with Crippen molar-refractivity contribution in [1.29, 1.82) is 0 Å². The first-order chi connectivity index (χ1) is 12.6. The molecule has 0 spiro atoms. The number of hydrogen-bond donors (Lipinski definition) is 0. The molecule has 0 N–H and O–H groups in total. The van der Waals surface area contributed by atoms with Crippen molar-refractivity contribution in [3.05, 3.63) is 104 Å². The molecule has 0 bridgehead atoms. The summed E-state index contributed by atoms with van der Waals surface area (Å²) in [4.78, 5) is 0. The van der Waals surface area contributed by atoms with E-state index in [2.05, 4.69) is 80.6 Å². The Bertz CT molecular complexity index is 1200. The second kappa shape index (κ2) is 5.71. The fraction of sp³-hybridized carbons (Fsp3) is 0.231. The van der Waals surface area contributed by atoms with Gasteiger partial charge in [0.1, 0.15) is 0 Å². The first kappa shape index (κ1) is 15.6. The summed E-state index contributed by atoms with van der Waals surface area (Å²) in [5, 5.41) is 5.55. The maximum atomic E-state index is 3.17. The van der Waals surface area contributed by atoms with Crippen LogP contribution in [0, 0.1) is 21.9 Å². The molecule has 0 saturated heterocycles. The van der Waals surface area contributed by atoms with Crippen molar-refractivity contribution < 1.29 is 0 Å². The monoisotopic (exact) mass is 335 g/mol. The molecule has 0 nitrogen and oxygen atoms in total. The van der Waals surface area contributed by atoms with Crippen molar-refractivity contribution in [2.75, 3.05) is 0 Å². The molecule has 3 aromatic carbocycles. The molecule has 5 rings (SSSR count). The van der Waals surface area contributed by atoms with Crippen molar-refractivity contribution >= 4 is 12.2 Å². The Kier molecular flexibility index (Phi) is 3.43. The topological polar surface area (TPSA) is 0 Å². The van der Waals surface area contributed by atoms with E-state index < -0.39 is 0 Å². The molecule has 2 aliphatic carbocycles. The Labute approximate surface area is 154 Å². The number of benzene rings is 3. The van der Waals surface area contributed by atoms with Crippen LogP contribution in [-0.2, 0) is 6.42 Å². The molecule has 1 unspecified atom stereocenters. The summed E-state index contributed by atoms with van der Waals surface area (Å²) < 4.78 is 0. The summed E-state index contributed by atoms with van der Waals surface area (Å²) in [6.45, 7) is 4.78. The Balaban J connectivity index is 1.93. The fourth-order valence-electron chi connectivity index (χ4n) is 4.62. The molecule has 2 aliphatic rings. The van der Waals surface area contributed by atoms with Crippen LogP contribution in [0.3, 0.4) is 0 Å². The van der Waals surface area contributed by atoms with E-state index in [0.29, 0.717) is 11.3 Å². The van der Waals surface area contributed by atoms with Crippen LogP contribution in [0.15, 0.2) is 60.7 Å². The predicted octanol–water partition coefficient (Wildman–Crippen LogP) is 4.45. The minimum Gasteiger partial charge on any atom is -0.0764 e. The molecular formula is C26H23. The van der Waals surface area contributed by atoms with Gasteiger partial charge >= 0.3 is 0 Å². The van der Waals surface area contributed by atoms with Crippen LogP contribution < -0.4 is 10.4 Å². The molecule has 0 saturated carbocycles. The highest BCUT2D eigenvalue weighted by Crippen LogP contribution is 2.36. The summed E-state index contributed by atoms with van der Waals surface area (Å²) in [7, 11) is 0. The average Bonchev–Trinajstić information content (AvgIpc) is 2.67. The van der Waals surface area contributed by atoms with Gasteiger partial charge in [0.15, 0.2) is 0 Å². The molecule has 0 aromatic heterocycles. The van der Waals surface area contributed by atoms with E-state index in [-0.39, 0.29) is 0 Å². The number of hydrogen-bond acceptors (Lipinski definition) is 0. The van der Waals surface area contributed by atoms with Crippen LogP contribution in [0.1, 0.15) is 42.9 Å². The Morgan fingerprint density at radius 3 is 2.54 bits per heavy atom. The van der Waals surface area contributed by atoms with E-state index in [1.807, 2.05) is 12.1 Å². The number of fused-ring (bicyclic) bond motifs is 4. The van der Waals surface area contributed by atoms with Gasteiger partial charge in [-0.25, -0.2) is 0 Å². The molecule has 1 atom stereocenters. The lowest BCUT2D eigenvalue weighted by Gasteiger charge is -2.31. The predicted molar refractivity (Wildman–Crippen MR) is 108 cm³/mol. The third-order valence-electron chi connectivity index (χ3n) is 5.93. The summed E-state index contributed by atoms with van der Waals surface area (Å²) in [5.74, 6) is 0.312. The molecule has 3 aromatic rings. The van der Waals surface area contributed by atoms with Crippen molar-refractivity contribution in [2.45, 2.75) is 32.6 Å². The number of rotatable bonds is 1. The van der Waals surface area contributed by atoms with Gasteiger partial charge in [-0.2, -0.15) is 0 Å². The van der Waals surface area contributed by atoms with E-state index in [1.165, 1.54) is 32.0 Å². The van der Waals surface area contributed by atoms with E-state index in [4.69, 9.17) is 0 Å². The van der Waals surface area contributed by atoms with E-state index >= 15 is 0 Å². The van der Waals surface area contributed by atoms with Crippen molar-refractivity contribution in [3.63, 3.8) is 0 Å². The van der Waals surface area contributed by atoms with Gasteiger partial charge in [-0.3, -0.25) is 0 Å². The molecule has 1 radical (unpaired) electrons. The second-order valence-electron chi connectivity index (χ2n) is 8.41. The van der Waals surface area contributed by atoms with Crippen molar-refractivity contribution in [1.82, 2.24) is 0 Å². The van der Waals surface area contributed by atoms with E-state index in [9.17, 15) is 0 Å². The lowest BCUT2D eigenvalue weighted by atomic mass is 9.73. The van der Waals surface area contributed by atoms with Crippen molar-refractivity contribution in [2.24, 2.45) is 5.41 Å². The first-order valence-electron chi connectivity index (χ1n) is 9.52. The summed E-state index contributed by atoms with van der Waals surface area (Å²) in [6.07, 6.45) is 7.20. The van der Waals surface area contributed by atoms with Gasteiger partial charge in [0, 0.05) is 5.92 Å². The lowest BCUT2D eigenvalue weighted by molar-refractivity contribution is 0.369. The van der Waals surface area contributed by atoms with Crippen LogP contribution in [-0.4, -0.2) is 0 Å². The van der Waals surface area contributed by atoms with Gasteiger partial charge in [0.2, 0.25) is 0 Å². The smallest absolute Gasteiger partial charge is 0.0287 e.